The van der Waals surface area contributed by atoms with E-state index in [-0.39, 0.29) is 10.3 Å². The first-order chi connectivity index (χ1) is 24.4. The van der Waals surface area contributed by atoms with E-state index in [9.17, 15) is 13.0 Å². The average Bonchev–Trinajstić information content (AvgIpc) is 3.08. The SMILES string of the molecule is CN1CCN(C2CCN(C3CCN(c4c(S(=O)(=O)c5cc(F)c(OC(C)(C)CC(C)(C)C)c(F)c5)cnc5ccc([S+](C)[O-])cc45)CC3)CC2)CC1. The third-order valence-electron chi connectivity index (χ3n) is 10.9. The zero-order valence-corrected chi connectivity index (χ0v) is 33.4. The summed E-state index contributed by atoms with van der Waals surface area (Å²) in [6, 6.07) is 7.89. The van der Waals surface area contributed by atoms with Crippen molar-refractivity contribution < 1.29 is 26.5 Å². The number of aromatic nitrogens is 1. The van der Waals surface area contributed by atoms with Crippen LogP contribution in [-0.4, -0.2) is 116 Å². The molecule has 1 unspecified atom stereocenters. The Bertz CT molecular complexity index is 1820. The van der Waals surface area contributed by atoms with Crippen molar-refractivity contribution in [1.29, 1.82) is 0 Å². The van der Waals surface area contributed by atoms with Crippen molar-refractivity contribution in [3.05, 3.63) is 48.2 Å². The van der Waals surface area contributed by atoms with Crippen LogP contribution in [0.1, 0.15) is 66.7 Å². The Labute approximate surface area is 311 Å². The predicted octanol–water partition coefficient (Wildman–Crippen LogP) is 6.36. The topological polar surface area (TPSA) is 92.3 Å². The molecule has 9 nitrogen and oxygen atoms in total. The van der Waals surface area contributed by atoms with E-state index in [0.29, 0.717) is 53.1 Å². The monoisotopic (exact) mass is 759 g/mol. The minimum absolute atomic E-state index is 0.133. The van der Waals surface area contributed by atoms with E-state index in [1.54, 1.807) is 38.3 Å². The van der Waals surface area contributed by atoms with Gasteiger partial charge in [-0.1, -0.05) is 20.8 Å². The number of halogens is 2. The normalized spacial score (nSPS) is 20.5. The summed E-state index contributed by atoms with van der Waals surface area (Å²) in [7, 11) is -2.28. The first-order valence-corrected chi connectivity index (χ1v) is 21.6. The predicted molar refractivity (Wildman–Crippen MR) is 204 cm³/mol. The van der Waals surface area contributed by atoms with Crippen LogP contribution in [0.5, 0.6) is 5.75 Å². The van der Waals surface area contributed by atoms with Gasteiger partial charge >= 0.3 is 0 Å². The van der Waals surface area contributed by atoms with Crippen LogP contribution >= 0.6 is 0 Å². The maximum Gasteiger partial charge on any atom is 0.210 e. The maximum atomic E-state index is 15.6. The van der Waals surface area contributed by atoms with Gasteiger partial charge in [-0.25, -0.2) is 17.2 Å². The van der Waals surface area contributed by atoms with Crippen molar-refractivity contribution in [2.24, 2.45) is 5.41 Å². The van der Waals surface area contributed by atoms with Crippen molar-refractivity contribution in [3.8, 4) is 5.75 Å². The van der Waals surface area contributed by atoms with E-state index in [0.717, 1.165) is 77.1 Å². The maximum absolute atomic E-state index is 15.6. The number of piperidine rings is 2. The molecule has 6 rings (SSSR count). The van der Waals surface area contributed by atoms with Gasteiger partial charge in [0.1, 0.15) is 16.8 Å². The van der Waals surface area contributed by atoms with Crippen LogP contribution in [0, 0.1) is 17.0 Å². The molecule has 4 heterocycles. The molecule has 3 aliphatic rings. The van der Waals surface area contributed by atoms with Crippen molar-refractivity contribution in [1.82, 2.24) is 19.7 Å². The summed E-state index contributed by atoms with van der Waals surface area (Å²) in [4.78, 5) is 14.1. The molecule has 0 amide bonds. The summed E-state index contributed by atoms with van der Waals surface area (Å²) >= 11 is -1.32. The highest BCUT2D eigenvalue weighted by molar-refractivity contribution is 7.91. The Morgan fingerprint density at radius 1 is 0.865 bits per heavy atom. The molecule has 3 saturated heterocycles. The summed E-state index contributed by atoms with van der Waals surface area (Å²) in [6.45, 7) is 17.3. The molecular formula is C39H55F2N5O4S2. The molecule has 286 valence electrons. The molecule has 2 aromatic carbocycles. The average molecular weight is 760 g/mol. The van der Waals surface area contributed by atoms with Gasteiger partial charge in [-0.05, 0) is 107 Å². The van der Waals surface area contributed by atoms with Gasteiger partial charge in [-0.3, -0.25) is 9.88 Å². The molecular weight excluding hydrogens is 705 g/mol. The van der Waals surface area contributed by atoms with E-state index in [1.807, 2.05) is 20.8 Å². The van der Waals surface area contributed by atoms with E-state index in [1.165, 1.54) is 6.20 Å². The largest absolute Gasteiger partial charge is 0.612 e. The van der Waals surface area contributed by atoms with Gasteiger partial charge in [0.05, 0.1) is 16.1 Å². The first kappa shape index (κ1) is 39.2. The van der Waals surface area contributed by atoms with Crippen molar-refractivity contribution in [3.63, 3.8) is 0 Å². The number of ether oxygens (including phenoxy) is 1. The summed E-state index contributed by atoms with van der Waals surface area (Å²) < 4.78 is 78.5. The smallest absolute Gasteiger partial charge is 0.210 e. The Kier molecular flexibility index (Phi) is 11.5. The Hall–Kier alpha value is -2.55. The van der Waals surface area contributed by atoms with Gasteiger partial charge in [0.15, 0.2) is 22.3 Å². The van der Waals surface area contributed by atoms with Crippen LogP contribution in [0.2, 0.25) is 0 Å². The fourth-order valence-corrected chi connectivity index (χ4v) is 10.6. The van der Waals surface area contributed by atoms with Crippen LogP contribution in [0.15, 0.2) is 51.2 Å². The van der Waals surface area contributed by atoms with Crippen molar-refractivity contribution in [2.75, 3.05) is 70.6 Å². The Morgan fingerprint density at radius 3 is 1.98 bits per heavy atom. The lowest BCUT2D eigenvalue weighted by atomic mass is 9.83. The quantitative estimate of drug-likeness (QED) is 0.232. The number of hydrogen-bond acceptors (Lipinski definition) is 9. The molecule has 0 N–H and O–H groups in total. The summed E-state index contributed by atoms with van der Waals surface area (Å²) in [5, 5.41) is 0.546. The summed E-state index contributed by atoms with van der Waals surface area (Å²) in [6.07, 6.45) is 7.39. The molecule has 0 radical (unpaired) electrons. The fourth-order valence-electron chi connectivity index (χ4n) is 8.60. The zero-order chi connectivity index (χ0) is 37.6. The molecule has 0 bridgehead atoms. The Morgan fingerprint density at radius 2 is 1.42 bits per heavy atom. The zero-order valence-electron chi connectivity index (χ0n) is 31.8. The second kappa shape index (κ2) is 15.3. The minimum atomic E-state index is -4.47. The molecule has 3 fully saturated rings. The van der Waals surface area contributed by atoms with E-state index in [4.69, 9.17) is 4.74 Å². The third-order valence-corrected chi connectivity index (χ3v) is 13.5. The molecule has 0 saturated carbocycles. The Balaban J connectivity index is 1.27. The summed E-state index contributed by atoms with van der Waals surface area (Å²) in [5.74, 6) is -2.77. The van der Waals surface area contributed by atoms with Crippen LogP contribution in [-0.2, 0) is 21.0 Å². The molecule has 0 aliphatic carbocycles. The second-order valence-corrected chi connectivity index (χ2v) is 20.0. The first-order valence-electron chi connectivity index (χ1n) is 18.5. The number of anilines is 1. The number of piperazine rings is 1. The lowest BCUT2D eigenvalue weighted by Gasteiger charge is -2.46. The number of benzene rings is 2. The van der Waals surface area contributed by atoms with Crippen molar-refractivity contribution >= 4 is 37.6 Å². The van der Waals surface area contributed by atoms with Crippen LogP contribution in [0.25, 0.3) is 10.9 Å². The highest BCUT2D eigenvalue weighted by Crippen LogP contribution is 2.41. The standard InChI is InChI=1S/C39H55F2N5O4S2/c1-38(2,3)26-39(4,5)50-37-32(40)23-30(24-33(37)41)52(48,49)35-25-42-34-9-8-29(51(7)47)22-31(34)36(35)46-16-12-27(13-17-46)44-14-10-28(11-15-44)45-20-18-43(6)19-21-45/h8-9,22-25,27-28H,10-21,26H2,1-7H3. The molecule has 1 aromatic heterocycles. The second-order valence-electron chi connectivity index (χ2n) is 16.7. The van der Waals surface area contributed by atoms with E-state index >= 15 is 8.78 Å². The molecule has 1 atom stereocenters. The molecule has 13 heteroatoms. The number of nitrogens with zero attached hydrogens (tertiary/aromatic N) is 5. The number of pyridine rings is 1. The fraction of sp³-hybridized carbons (Fsp3) is 0.615. The lowest BCUT2D eigenvalue weighted by molar-refractivity contribution is 0.0495. The molecule has 3 aromatic rings. The van der Waals surface area contributed by atoms with Crippen molar-refractivity contribution in [2.45, 2.75) is 99.1 Å². The highest BCUT2D eigenvalue weighted by atomic mass is 32.2. The molecule has 52 heavy (non-hydrogen) atoms. The van der Waals surface area contributed by atoms with Gasteiger partial charge in [0.25, 0.3) is 0 Å². The number of rotatable bonds is 9. The van der Waals surface area contributed by atoms with Gasteiger partial charge < -0.3 is 24.0 Å². The number of hydrogen-bond donors (Lipinski definition) is 0. The van der Waals surface area contributed by atoms with Gasteiger partial charge in [0, 0.05) is 69.0 Å². The van der Waals surface area contributed by atoms with Gasteiger partial charge in [-0.2, -0.15) is 0 Å². The number of fused-ring (bicyclic) bond motifs is 1. The van der Waals surface area contributed by atoms with Crippen LogP contribution in [0.4, 0.5) is 14.5 Å². The molecule has 3 aliphatic heterocycles. The van der Waals surface area contributed by atoms with E-state index in [2.05, 4.69) is 31.6 Å². The number of sulfone groups is 1. The molecule has 0 spiro atoms. The number of likely N-dealkylation sites (tertiary alicyclic amines) is 1. The lowest BCUT2D eigenvalue weighted by Crippen LogP contribution is -2.54. The van der Waals surface area contributed by atoms with Gasteiger partial charge in [0.2, 0.25) is 9.84 Å². The van der Waals surface area contributed by atoms with E-state index < -0.39 is 48.9 Å². The summed E-state index contributed by atoms with van der Waals surface area (Å²) in [5.41, 5.74) is -0.0887. The number of likely N-dealkylation sites (N-methyl/N-ethyl adjacent to an activating group) is 1. The van der Waals surface area contributed by atoms with Crippen LogP contribution in [0.3, 0.4) is 0 Å². The van der Waals surface area contributed by atoms with Gasteiger partial charge in [-0.15, -0.1) is 0 Å². The third kappa shape index (κ3) is 8.70. The highest BCUT2D eigenvalue weighted by Gasteiger charge is 2.36. The minimum Gasteiger partial charge on any atom is -0.612 e. The van der Waals surface area contributed by atoms with Crippen LogP contribution < -0.4 is 9.64 Å².